The van der Waals surface area contributed by atoms with Gasteiger partial charge in [-0.3, -0.25) is 0 Å². The Bertz CT molecular complexity index is 3040. The molecule has 11 rings (SSSR count). The van der Waals surface area contributed by atoms with E-state index in [2.05, 4.69) is 241 Å². The fraction of sp³-hybridized carbons (Fsp3) is 0. The van der Waals surface area contributed by atoms with Crippen molar-refractivity contribution in [2.75, 3.05) is 4.90 Å². The van der Waals surface area contributed by atoms with Crippen molar-refractivity contribution in [2.45, 2.75) is 0 Å². The van der Waals surface area contributed by atoms with E-state index in [9.17, 15) is 0 Å². The van der Waals surface area contributed by atoms with E-state index in [-0.39, 0.29) is 0 Å². The van der Waals surface area contributed by atoms with Crippen molar-refractivity contribution in [1.82, 2.24) is 0 Å². The Hall–Kier alpha value is -7.94. The molecule has 0 amide bonds. The normalized spacial score (nSPS) is 11.5. The van der Waals surface area contributed by atoms with Gasteiger partial charge >= 0.3 is 0 Å². The lowest BCUT2D eigenvalue weighted by Gasteiger charge is -2.26. The fourth-order valence-electron chi connectivity index (χ4n) is 8.67. The molecule has 0 radical (unpaired) electrons. The summed E-state index contributed by atoms with van der Waals surface area (Å²) >= 11 is 0. The van der Waals surface area contributed by atoms with Crippen LogP contribution in [0.2, 0.25) is 0 Å². The first-order chi connectivity index (χ1) is 29.7. The number of rotatable bonds is 7. The lowest BCUT2D eigenvalue weighted by Crippen LogP contribution is -2.09. The summed E-state index contributed by atoms with van der Waals surface area (Å²) in [7, 11) is 0. The molecule has 10 aromatic rings. The minimum absolute atomic E-state index is 0.845. The first-order valence-corrected chi connectivity index (χ1v) is 20.5. The summed E-state index contributed by atoms with van der Waals surface area (Å²) < 4.78 is 6.89. The SMILES string of the molecule is c1ccc(-c2ccc(N(c3ccc(-c4ccccc4)cc3)c3ccc(-c4ccc5c(c4)-c4c(-c6ccccc6)cccc4-c4cc6ccccc6cc4O5)cc3)cc2)cc1. The summed E-state index contributed by atoms with van der Waals surface area (Å²) in [5, 5.41) is 2.35. The number of fused-ring (bicyclic) bond motifs is 6. The largest absolute Gasteiger partial charge is 0.456 e. The molecule has 2 nitrogen and oxygen atoms in total. The molecule has 0 fully saturated rings. The third kappa shape index (κ3) is 6.51. The lowest BCUT2D eigenvalue weighted by molar-refractivity contribution is 0.488. The van der Waals surface area contributed by atoms with E-state index >= 15 is 0 Å². The van der Waals surface area contributed by atoms with Crippen molar-refractivity contribution in [3.8, 4) is 78.3 Å². The average molecular weight is 766 g/mol. The zero-order valence-electron chi connectivity index (χ0n) is 32.9. The number of hydrogen-bond acceptors (Lipinski definition) is 2. The molecule has 1 aliphatic rings. The van der Waals surface area contributed by atoms with Gasteiger partial charge in [-0.1, -0.05) is 176 Å². The lowest BCUT2D eigenvalue weighted by atomic mass is 9.86. The van der Waals surface area contributed by atoms with Crippen LogP contribution in [-0.2, 0) is 0 Å². The van der Waals surface area contributed by atoms with Crippen LogP contribution in [0.1, 0.15) is 0 Å². The van der Waals surface area contributed by atoms with E-state index in [4.69, 9.17) is 4.74 Å². The molecular weight excluding hydrogens is 727 g/mol. The molecular formula is C58H39NO. The van der Waals surface area contributed by atoms with Gasteiger partial charge in [0, 0.05) is 33.8 Å². The number of nitrogens with zero attached hydrogens (tertiary/aromatic N) is 1. The van der Waals surface area contributed by atoms with Gasteiger partial charge in [-0.05, 0) is 122 Å². The minimum Gasteiger partial charge on any atom is -0.456 e. The predicted molar refractivity (Wildman–Crippen MR) is 251 cm³/mol. The van der Waals surface area contributed by atoms with E-state index < -0.39 is 0 Å². The van der Waals surface area contributed by atoms with Crippen LogP contribution in [0, 0.1) is 0 Å². The Morgan fingerprint density at radius 1 is 0.250 bits per heavy atom. The van der Waals surface area contributed by atoms with E-state index in [0.29, 0.717) is 0 Å². The summed E-state index contributed by atoms with van der Waals surface area (Å²) in [4.78, 5) is 2.34. The highest BCUT2D eigenvalue weighted by molar-refractivity contribution is 6.02. The zero-order valence-corrected chi connectivity index (χ0v) is 32.9. The van der Waals surface area contributed by atoms with Crippen LogP contribution in [-0.4, -0.2) is 0 Å². The number of hydrogen-bond donors (Lipinski definition) is 0. The third-order valence-corrected chi connectivity index (χ3v) is 11.7. The van der Waals surface area contributed by atoms with Crippen molar-refractivity contribution >= 4 is 27.8 Å². The number of anilines is 3. The van der Waals surface area contributed by atoms with E-state index in [0.717, 1.165) is 61.8 Å². The topological polar surface area (TPSA) is 12.5 Å². The molecule has 60 heavy (non-hydrogen) atoms. The quantitative estimate of drug-likeness (QED) is 0.160. The second-order valence-corrected chi connectivity index (χ2v) is 15.3. The standard InChI is InChI=1S/C58H39NO/c1-4-13-40(14-5-1)42-23-30-49(31-24-42)59(50-32-25-43(26-33-50)41-15-6-2-7-16-41)51-34-27-44(28-35-51)48-29-36-56-55(38-48)58-52(45-17-8-3-9-18-45)21-12-22-53(58)54-37-46-19-10-11-20-47(46)39-57(54)60-56/h1-39H. The Morgan fingerprint density at radius 3 is 1.23 bits per heavy atom. The first kappa shape index (κ1) is 35.2. The molecule has 0 atom stereocenters. The molecule has 282 valence electrons. The molecule has 1 heterocycles. The third-order valence-electron chi connectivity index (χ3n) is 11.7. The number of ether oxygens (including phenoxy) is 1. The number of benzene rings is 10. The summed E-state index contributed by atoms with van der Waals surface area (Å²) in [5.74, 6) is 1.71. The molecule has 0 saturated carbocycles. The Kier molecular flexibility index (Phi) is 8.87. The van der Waals surface area contributed by atoms with Gasteiger partial charge in [0.05, 0.1) is 0 Å². The predicted octanol–water partition coefficient (Wildman–Crippen LogP) is 16.4. The molecule has 0 saturated heterocycles. The van der Waals surface area contributed by atoms with Crippen LogP contribution in [0.3, 0.4) is 0 Å². The van der Waals surface area contributed by atoms with Gasteiger partial charge in [0.25, 0.3) is 0 Å². The molecule has 0 unspecified atom stereocenters. The molecule has 1 aliphatic heterocycles. The van der Waals surface area contributed by atoms with Gasteiger partial charge in [-0.2, -0.15) is 0 Å². The van der Waals surface area contributed by atoms with Gasteiger partial charge in [-0.25, -0.2) is 0 Å². The van der Waals surface area contributed by atoms with Gasteiger partial charge in [-0.15, -0.1) is 0 Å². The van der Waals surface area contributed by atoms with Crippen LogP contribution in [0.5, 0.6) is 11.5 Å². The van der Waals surface area contributed by atoms with Crippen molar-refractivity contribution in [3.05, 3.63) is 237 Å². The Morgan fingerprint density at radius 2 is 0.683 bits per heavy atom. The Labute approximate surface area is 350 Å². The summed E-state index contributed by atoms with van der Waals surface area (Å²) in [6, 6.07) is 84.7. The first-order valence-electron chi connectivity index (χ1n) is 20.5. The Balaban J connectivity index is 1.01. The highest BCUT2D eigenvalue weighted by atomic mass is 16.5. The molecule has 0 aliphatic carbocycles. The van der Waals surface area contributed by atoms with Crippen molar-refractivity contribution in [2.24, 2.45) is 0 Å². The van der Waals surface area contributed by atoms with E-state index in [1.807, 2.05) is 0 Å². The van der Waals surface area contributed by atoms with Crippen LogP contribution in [0.25, 0.3) is 77.5 Å². The highest BCUT2D eigenvalue weighted by Crippen LogP contribution is 2.52. The monoisotopic (exact) mass is 765 g/mol. The molecule has 2 heteroatoms. The maximum atomic E-state index is 6.89. The molecule has 0 bridgehead atoms. The zero-order chi connectivity index (χ0) is 39.8. The molecule has 0 spiro atoms. The van der Waals surface area contributed by atoms with Gasteiger partial charge in [0.2, 0.25) is 0 Å². The smallest absolute Gasteiger partial charge is 0.135 e. The van der Waals surface area contributed by atoms with E-state index in [1.54, 1.807) is 0 Å². The van der Waals surface area contributed by atoms with Crippen molar-refractivity contribution < 1.29 is 4.74 Å². The van der Waals surface area contributed by atoms with Crippen molar-refractivity contribution in [3.63, 3.8) is 0 Å². The minimum atomic E-state index is 0.845. The molecule has 0 aromatic heterocycles. The van der Waals surface area contributed by atoms with Gasteiger partial charge in [0.1, 0.15) is 11.5 Å². The second-order valence-electron chi connectivity index (χ2n) is 15.3. The molecule has 0 N–H and O–H groups in total. The van der Waals surface area contributed by atoms with Gasteiger partial charge in [0.15, 0.2) is 0 Å². The highest BCUT2D eigenvalue weighted by Gasteiger charge is 2.25. The van der Waals surface area contributed by atoms with Crippen LogP contribution >= 0.6 is 0 Å². The van der Waals surface area contributed by atoms with Crippen LogP contribution in [0.4, 0.5) is 17.1 Å². The maximum absolute atomic E-state index is 6.89. The van der Waals surface area contributed by atoms with Crippen molar-refractivity contribution in [1.29, 1.82) is 0 Å². The van der Waals surface area contributed by atoms with Gasteiger partial charge < -0.3 is 9.64 Å². The fourth-order valence-corrected chi connectivity index (χ4v) is 8.67. The van der Waals surface area contributed by atoms with E-state index in [1.165, 1.54) is 44.3 Å². The average Bonchev–Trinajstić information content (AvgIpc) is 3.46. The van der Waals surface area contributed by atoms with Crippen LogP contribution in [0.15, 0.2) is 237 Å². The summed E-state index contributed by atoms with van der Waals surface area (Å²) in [5.41, 5.74) is 17.2. The summed E-state index contributed by atoms with van der Waals surface area (Å²) in [6.07, 6.45) is 0. The maximum Gasteiger partial charge on any atom is 0.135 e. The molecule has 10 aromatic carbocycles. The van der Waals surface area contributed by atoms with Crippen LogP contribution < -0.4 is 9.64 Å². The summed E-state index contributed by atoms with van der Waals surface area (Å²) in [6.45, 7) is 0. The second kappa shape index (κ2) is 15.1.